The number of aromatic nitrogens is 2. The number of hydrazone groups is 1. The molecule has 13 nitrogen and oxygen atoms in total. The zero-order chi connectivity index (χ0) is 25.7. The highest BCUT2D eigenvalue weighted by Crippen LogP contribution is 2.24. The highest BCUT2D eigenvalue weighted by atomic mass is 16.6. The smallest absolute Gasteiger partial charge is 0.343 e. The number of nitro groups is 2. The molecule has 1 N–H and O–H groups in total. The maximum Gasteiger partial charge on any atom is 0.343 e. The number of carbonyl (C=O) groups is 2. The number of amides is 1. The van der Waals surface area contributed by atoms with Crippen LogP contribution in [0.15, 0.2) is 53.6 Å². The van der Waals surface area contributed by atoms with Gasteiger partial charge in [-0.25, -0.2) is 10.2 Å². The van der Waals surface area contributed by atoms with E-state index in [0.717, 1.165) is 0 Å². The maximum absolute atomic E-state index is 12.4. The zero-order valence-electron chi connectivity index (χ0n) is 18.9. The van der Waals surface area contributed by atoms with Gasteiger partial charge in [-0.15, -0.1) is 0 Å². The molecule has 1 heterocycles. The number of hydrogen-bond donors (Lipinski definition) is 1. The molecule has 0 fully saturated rings. The maximum atomic E-state index is 12.4. The second-order valence-corrected chi connectivity index (χ2v) is 7.40. The van der Waals surface area contributed by atoms with Gasteiger partial charge in [0.25, 0.3) is 11.6 Å². The first-order valence-electron chi connectivity index (χ1n) is 10.2. The lowest BCUT2D eigenvalue weighted by Crippen LogP contribution is -2.28. The van der Waals surface area contributed by atoms with Gasteiger partial charge in [0.1, 0.15) is 23.2 Å². The van der Waals surface area contributed by atoms with Crippen LogP contribution in [0.1, 0.15) is 40.3 Å². The Bertz CT molecular complexity index is 1330. The summed E-state index contributed by atoms with van der Waals surface area (Å²) in [6.45, 7) is 4.53. The van der Waals surface area contributed by atoms with Crippen molar-refractivity contribution in [2.24, 2.45) is 5.10 Å². The fraction of sp³-hybridized carbons (Fsp3) is 0.182. The predicted octanol–water partition coefficient (Wildman–Crippen LogP) is 3.25. The summed E-state index contributed by atoms with van der Waals surface area (Å²) in [6.07, 6.45) is 1.33. The molecule has 3 aromatic rings. The summed E-state index contributed by atoms with van der Waals surface area (Å²) in [6, 6.07) is 10.4. The van der Waals surface area contributed by atoms with E-state index in [1.165, 1.54) is 68.1 Å². The topological polar surface area (TPSA) is 172 Å². The highest BCUT2D eigenvalue weighted by molar-refractivity contribution is 5.91. The highest BCUT2D eigenvalue weighted by Gasteiger charge is 2.26. The first-order chi connectivity index (χ1) is 16.6. The van der Waals surface area contributed by atoms with Crippen molar-refractivity contribution in [3.05, 3.63) is 91.3 Å². The summed E-state index contributed by atoms with van der Waals surface area (Å²) in [4.78, 5) is 45.5. The molecule has 1 atom stereocenters. The predicted molar refractivity (Wildman–Crippen MR) is 123 cm³/mol. The third kappa shape index (κ3) is 5.71. The van der Waals surface area contributed by atoms with Gasteiger partial charge in [0.05, 0.1) is 21.6 Å². The Morgan fingerprint density at radius 3 is 2.40 bits per heavy atom. The lowest BCUT2D eigenvalue weighted by molar-refractivity contribution is -0.386. The number of rotatable bonds is 8. The molecule has 0 aliphatic carbocycles. The molecule has 0 saturated heterocycles. The van der Waals surface area contributed by atoms with E-state index in [-0.39, 0.29) is 34.1 Å². The molecule has 0 aliphatic rings. The molecule has 1 unspecified atom stereocenters. The molecule has 13 heteroatoms. The van der Waals surface area contributed by atoms with E-state index in [1.54, 1.807) is 12.1 Å². The van der Waals surface area contributed by atoms with Crippen molar-refractivity contribution in [1.82, 2.24) is 15.2 Å². The molecule has 0 aliphatic heterocycles. The number of hydrogen-bond acceptors (Lipinski definition) is 9. The SMILES string of the molecule is Cc1nn(C(C)C(=O)N/N=C/c2cccc(OC(=O)c3ccc([N+](=O)[O-])cc3)c2)c(C)c1[N+](=O)[O-]. The number of aryl methyl sites for hydroxylation is 1. The molecule has 0 bridgehead atoms. The van der Waals surface area contributed by atoms with Crippen LogP contribution in [-0.2, 0) is 4.79 Å². The second-order valence-electron chi connectivity index (χ2n) is 7.40. The van der Waals surface area contributed by atoms with Crippen LogP contribution in [0.25, 0.3) is 0 Å². The van der Waals surface area contributed by atoms with E-state index in [1.807, 2.05) is 0 Å². The summed E-state index contributed by atoms with van der Waals surface area (Å²) in [5.74, 6) is -1.04. The molecular weight excluding hydrogens is 460 g/mol. The molecule has 180 valence electrons. The van der Waals surface area contributed by atoms with Gasteiger partial charge in [0.2, 0.25) is 0 Å². The number of ether oxygens (including phenoxy) is 1. The van der Waals surface area contributed by atoms with E-state index in [9.17, 15) is 29.8 Å². The van der Waals surface area contributed by atoms with Crippen LogP contribution < -0.4 is 10.2 Å². The molecule has 35 heavy (non-hydrogen) atoms. The summed E-state index contributed by atoms with van der Waals surface area (Å²) >= 11 is 0. The van der Waals surface area contributed by atoms with E-state index in [0.29, 0.717) is 5.56 Å². The summed E-state index contributed by atoms with van der Waals surface area (Å²) in [7, 11) is 0. The van der Waals surface area contributed by atoms with Crippen molar-refractivity contribution in [2.45, 2.75) is 26.8 Å². The Morgan fingerprint density at radius 1 is 1.11 bits per heavy atom. The third-order valence-electron chi connectivity index (χ3n) is 4.99. The molecule has 2 aromatic carbocycles. The van der Waals surface area contributed by atoms with Crippen LogP contribution in [0.4, 0.5) is 11.4 Å². The first-order valence-corrected chi connectivity index (χ1v) is 10.2. The molecular formula is C22H20N6O7. The minimum Gasteiger partial charge on any atom is -0.423 e. The van der Waals surface area contributed by atoms with Crippen LogP contribution in [0, 0.1) is 34.1 Å². The molecule has 0 spiro atoms. The van der Waals surface area contributed by atoms with Gasteiger partial charge in [-0.05, 0) is 50.6 Å². The van der Waals surface area contributed by atoms with Crippen LogP contribution in [0.2, 0.25) is 0 Å². The van der Waals surface area contributed by atoms with Gasteiger partial charge in [-0.2, -0.15) is 10.2 Å². The Hall–Kier alpha value is -4.94. The van der Waals surface area contributed by atoms with Crippen LogP contribution in [0.5, 0.6) is 5.75 Å². The Balaban J connectivity index is 1.63. The zero-order valence-corrected chi connectivity index (χ0v) is 18.9. The molecule has 1 aromatic heterocycles. The standard InChI is InChI=1S/C22H20N6O7/c1-13-20(28(33)34)14(2)26(25-13)15(3)21(29)24-23-12-16-5-4-6-19(11-16)35-22(30)17-7-9-18(10-8-17)27(31)32/h4-12,15H,1-3H3,(H,24,29)/b23-12+. The fourth-order valence-corrected chi connectivity index (χ4v) is 3.21. The normalized spacial score (nSPS) is 11.7. The number of nitrogens with one attached hydrogen (secondary N) is 1. The number of esters is 1. The average Bonchev–Trinajstić information content (AvgIpc) is 3.12. The summed E-state index contributed by atoms with van der Waals surface area (Å²) in [5, 5.41) is 29.8. The van der Waals surface area contributed by atoms with Gasteiger partial charge < -0.3 is 4.74 Å². The van der Waals surface area contributed by atoms with E-state index in [2.05, 4.69) is 15.6 Å². The van der Waals surface area contributed by atoms with Gasteiger partial charge >= 0.3 is 11.7 Å². The first kappa shape index (κ1) is 24.7. The number of nitro benzene ring substituents is 1. The number of nitrogens with zero attached hydrogens (tertiary/aromatic N) is 5. The van der Waals surface area contributed by atoms with Crippen LogP contribution in [-0.4, -0.2) is 37.7 Å². The van der Waals surface area contributed by atoms with Gasteiger partial charge in [0, 0.05) is 12.1 Å². The van der Waals surface area contributed by atoms with E-state index < -0.39 is 27.8 Å². The average molecular weight is 480 g/mol. The number of non-ortho nitro benzene ring substituents is 1. The lowest BCUT2D eigenvalue weighted by Gasteiger charge is -2.11. The van der Waals surface area contributed by atoms with Crippen molar-refractivity contribution >= 4 is 29.5 Å². The van der Waals surface area contributed by atoms with Crippen LogP contribution >= 0.6 is 0 Å². The summed E-state index contributed by atoms with van der Waals surface area (Å²) in [5.41, 5.74) is 3.16. The minimum absolute atomic E-state index is 0.139. The van der Waals surface area contributed by atoms with Gasteiger partial charge in [-0.3, -0.25) is 29.7 Å². The van der Waals surface area contributed by atoms with Crippen LogP contribution in [0.3, 0.4) is 0 Å². The molecule has 1 amide bonds. The van der Waals surface area contributed by atoms with Crippen molar-refractivity contribution in [1.29, 1.82) is 0 Å². The monoisotopic (exact) mass is 480 g/mol. The van der Waals surface area contributed by atoms with Gasteiger partial charge in [0.15, 0.2) is 0 Å². The third-order valence-corrected chi connectivity index (χ3v) is 4.99. The second kappa shape index (κ2) is 10.3. The summed E-state index contributed by atoms with van der Waals surface area (Å²) < 4.78 is 6.55. The fourth-order valence-electron chi connectivity index (χ4n) is 3.21. The lowest BCUT2D eigenvalue weighted by atomic mass is 10.2. The molecule has 0 radical (unpaired) electrons. The largest absolute Gasteiger partial charge is 0.423 e. The van der Waals surface area contributed by atoms with Crippen molar-refractivity contribution < 1.29 is 24.2 Å². The molecule has 0 saturated carbocycles. The Kier molecular flexibility index (Phi) is 7.29. The van der Waals surface area contributed by atoms with Crippen molar-refractivity contribution in [3.63, 3.8) is 0 Å². The molecule has 3 rings (SSSR count). The van der Waals surface area contributed by atoms with Crippen molar-refractivity contribution in [2.75, 3.05) is 0 Å². The Labute approximate surface area is 198 Å². The minimum atomic E-state index is -0.853. The Morgan fingerprint density at radius 2 is 1.80 bits per heavy atom. The van der Waals surface area contributed by atoms with Gasteiger partial charge in [-0.1, -0.05) is 12.1 Å². The van der Waals surface area contributed by atoms with Crippen molar-refractivity contribution in [3.8, 4) is 5.75 Å². The van der Waals surface area contributed by atoms with E-state index in [4.69, 9.17) is 4.74 Å². The quantitative estimate of drug-likeness (QED) is 0.168. The number of benzene rings is 2. The number of carbonyl (C=O) groups excluding carboxylic acids is 2. The van der Waals surface area contributed by atoms with E-state index >= 15 is 0 Å².